The highest BCUT2D eigenvalue weighted by molar-refractivity contribution is 7.57. The molecule has 1 fully saturated rings. The van der Waals surface area contributed by atoms with Crippen LogP contribution in [0.3, 0.4) is 0 Å². The van der Waals surface area contributed by atoms with Crippen LogP contribution in [0.25, 0.3) is 0 Å². The van der Waals surface area contributed by atoms with Crippen LogP contribution < -0.4 is 5.32 Å². The number of carboxylic acid groups (broad SMARTS) is 1. The molecule has 0 bridgehead atoms. The van der Waals surface area contributed by atoms with E-state index in [-0.39, 0.29) is 37.7 Å². The number of carbonyl (C=O) groups excluding carboxylic acids is 1. The zero-order valence-electron chi connectivity index (χ0n) is 23.6. The largest absolute Gasteiger partial charge is 0.481 e. The van der Waals surface area contributed by atoms with Crippen molar-refractivity contribution in [1.29, 1.82) is 0 Å². The summed E-state index contributed by atoms with van der Waals surface area (Å²) in [6.07, 6.45) is 4.22. The molecule has 1 aromatic heterocycles. The Morgan fingerprint density at radius 3 is 2.08 bits per heavy atom. The van der Waals surface area contributed by atoms with E-state index in [9.17, 15) is 28.8 Å². The summed E-state index contributed by atoms with van der Waals surface area (Å²) in [6, 6.07) is 0. The molecule has 40 heavy (non-hydrogen) atoms. The number of aromatic nitrogens is 3. The van der Waals surface area contributed by atoms with E-state index in [0.29, 0.717) is 70.2 Å². The molecule has 0 radical (unpaired) electrons. The maximum absolute atomic E-state index is 12.7. The van der Waals surface area contributed by atoms with Crippen LogP contribution in [-0.4, -0.2) is 138 Å². The van der Waals surface area contributed by atoms with Gasteiger partial charge < -0.3 is 25.1 Å². The van der Waals surface area contributed by atoms with Crippen molar-refractivity contribution < 1.29 is 33.9 Å². The summed E-state index contributed by atoms with van der Waals surface area (Å²) in [6.45, 7) is 8.53. The zero-order valence-corrected chi connectivity index (χ0v) is 26.3. The number of aliphatic carboxylic acids is 1. The fourth-order valence-electron chi connectivity index (χ4n) is 4.21. The Kier molecular flexibility index (Phi) is 16.2. The Morgan fingerprint density at radius 2 is 1.55 bits per heavy atom. The quantitative estimate of drug-likeness (QED) is 0.155. The second-order valence-electron chi connectivity index (χ2n) is 10.0. The third-order valence-electron chi connectivity index (χ3n) is 6.48. The molecule has 1 aliphatic rings. The Hall–Kier alpha value is -1.07. The van der Waals surface area contributed by atoms with Crippen molar-refractivity contribution >= 4 is 35.5 Å². The fraction of sp³-hybridized carbons (Fsp3) is 0.826. The van der Waals surface area contributed by atoms with Gasteiger partial charge in [0, 0.05) is 93.4 Å². The van der Waals surface area contributed by atoms with Gasteiger partial charge in [0.2, 0.25) is 13.3 Å². The topological polar surface area (TPSA) is 185 Å². The predicted molar refractivity (Wildman–Crippen MR) is 157 cm³/mol. The molecule has 0 aromatic carbocycles. The maximum atomic E-state index is 12.7. The number of nitrogens with zero attached hydrogens (tertiary/aromatic N) is 6. The van der Waals surface area contributed by atoms with E-state index in [1.54, 1.807) is 10.9 Å². The number of amides is 1. The lowest BCUT2D eigenvalue weighted by atomic mass is 10.4. The van der Waals surface area contributed by atoms with Crippen LogP contribution in [0.5, 0.6) is 0 Å². The van der Waals surface area contributed by atoms with Gasteiger partial charge in [0.1, 0.15) is 5.69 Å². The summed E-state index contributed by atoms with van der Waals surface area (Å²) >= 11 is 0. The first-order valence-corrected chi connectivity index (χ1v) is 19.1. The Morgan fingerprint density at radius 1 is 0.975 bits per heavy atom. The van der Waals surface area contributed by atoms with Gasteiger partial charge in [-0.25, -0.2) is 0 Å². The standard InChI is InChI=1S/C23H46N7O7P3/c1-3-13-38(34)18-27-7-8-28(10-12-29(11-9-27)20-40(36,37)15-6-23(32)33)19-39(35)14-5-22(31)24-16-21-17-30(4-2)26-25-21/h17,34-35H,3-16,18-20H2,1-2H3,(H,24,31)(H,32,33)(H,36,37). The average molecular weight is 626 g/mol. The molecule has 0 aliphatic carbocycles. The van der Waals surface area contributed by atoms with Crippen LogP contribution in [0.4, 0.5) is 0 Å². The number of nitrogens with one attached hydrogen (secondary N) is 1. The van der Waals surface area contributed by atoms with Crippen LogP contribution in [0.1, 0.15) is 38.8 Å². The second kappa shape index (κ2) is 18.5. The van der Waals surface area contributed by atoms with Gasteiger partial charge in [-0.15, -0.1) is 5.10 Å². The minimum Gasteiger partial charge on any atom is -0.481 e. The zero-order chi connectivity index (χ0) is 29.5. The van der Waals surface area contributed by atoms with Crippen LogP contribution in [-0.2, 0) is 27.2 Å². The molecular weight excluding hydrogens is 579 g/mol. The highest BCUT2D eigenvalue weighted by Gasteiger charge is 2.26. The number of rotatable bonds is 17. The number of carbonyl (C=O) groups is 2. The third-order valence-corrected chi connectivity index (χ3v) is 11.4. The lowest BCUT2D eigenvalue weighted by molar-refractivity contribution is -0.136. The molecule has 5 N–H and O–H groups in total. The van der Waals surface area contributed by atoms with E-state index >= 15 is 0 Å². The first kappa shape index (κ1) is 35.1. The maximum Gasteiger partial charge on any atom is 0.303 e. The fourth-order valence-corrected chi connectivity index (χ4v) is 8.54. The molecule has 230 valence electrons. The van der Waals surface area contributed by atoms with E-state index in [1.807, 2.05) is 18.7 Å². The molecule has 17 heteroatoms. The normalized spacial score (nSPS) is 19.2. The Balaban J connectivity index is 1.91. The Labute approximate surface area is 239 Å². The van der Waals surface area contributed by atoms with Crippen LogP contribution in [0.15, 0.2) is 6.20 Å². The van der Waals surface area contributed by atoms with Crippen molar-refractivity contribution in [3.05, 3.63) is 11.9 Å². The summed E-state index contributed by atoms with van der Waals surface area (Å²) in [5.41, 5.74) is 0.674. The first-order valence-electron chi connectivity index (χ1n) is 13.7. The van der Waals surface area contributed by atoms with Gasteiger partial charge in [0.05, 0.1) is 25.4 Å². The molecule has 1 aliphatic heterocycles. The molecule has 0 saturated carbocycles. The Bertz CT molecular complexity index is 958. The van der Waals surface area contributed by atoms with E-state index in [4.69, 9.17) is 5.11 Å². The molecule has 2 rings (SSSR count). The average Bonchev–Trinajstić information content (AvgIpc) is 3.39. The number of hydrogen-bond acceptors (Lipinski definition) is 10. The molecule has 1 saturated heterocycles. The monoisotopic (exact) mass is 625 g/mol. The molecule has 3 atom stereocenters. The first-order chi connectivity index (χ1) is 19.0. The minimum atomic E-state index is -3.66. The lowest BCUT2D eigenvalue weighted by Crippen LogP contribution is -2.37. The van der Waals surface area contributed by atoms with Crippen LogP contribution in [0.2, 0.25) is 0 Å². The van der Waals surface area contributed by atoms with Crippen molar-refractivity contribution in [2.75, 3.05) is 76.6 Å². The van der Waals surface area contributed by atoms with Gasteiger partial charge in [0.15, 0.2) is 0 Å². The van der Waals surface area contributed by atoms with Gasteiger partial charge >= 0.3 is 5.97 Å². The van der Waals surface area contributed by atoms with Gasteiger partial charge in [-0.3, -0.25) is 33.5 Å². The van der Waals surface area contributed by atoms with Crippen molar-refractivity contribution in [3.63, 3.8) is 0 Å². The number of carboxylic acids is 1. The second-order valence-corrected chi connectivity index (χ2v) is 16.0. The van der Waals surface area contributed by atoms with Crippen LogP contribution >= 0.6 is 23.7 Å². The summed E-state index contributed by atoms with van der Waals surface area (Å²) in [5, 5.41) is 19.7. The van der Waals surface area contributed by atoms with Gasteiger partial charge in [-0.2, -0.15) is 0 Å². The summed E-state index contributed by atoms with van der Waals surface area (Å²) in [7, 11) is -6.23. The van der Waals surface area contributed by atoms with Crippen molar-refractivity contribution in [1.82, 2.24) is 35.0 Å². The van der Waals surface area contributed by atoms with E-state index in [0.717, 1.165) is 12.6 Å². The molecule has 3 unspecified atom stereocenters. The molecule has 0 spiro atoms. The smallest absolute Gasteiger partial charge is 0.303 e. The lowest BCUT2D eigenvalue weighted by Gasteiger charge is -2.28. The summed E-state index contributed by atoms with van der Waals surface area (Å²) in [5.74, 6) is -1.26. The van der Waals surface area contributed by atoms with Gasteiger partial charge in [0.25, 0.3) is 0 Å². The van der Waals surface area contributed by atoms with Crippen molar-refractivity contribution in [2.45, 2.75) is 46.2 Å². The summed E-state index contributed by atoms with van der Waals surface area (Å²) in [4.78, 5) is 61.0. The van der Waals surface area contributed by atoms with Crippen LogP contribution in [0, 0.1) is 0 Å². The predicted octanol–water partition coefficient (Wildman–Crippen LogP) is 1.03. The SMILES string of the molecule is CCCP(O)CN1CCN(CP(O)CCC(=O)NCc2cn(CC)nn2)CCN(CP(=O)(O)CCC(=O)O)CC1. The highest BCUT2D eigenvalue weighted by Crippen LogP contribution is 2.42. The summed E-state index contributed by atoms with van der Waals surface area (Å²) < 4.78 is 14.4. The number of hydrogen-bond donors (Lipinski definition) is 5. The van der Waals surface area contributed by atoms with E-state index < -0.39 is 29.6 Å². The van der Waals surface area contributed by atoms with E-state index in [1.165, 1.54) is 0 Å². The third kappa shape index (κ3) is 14.7. The molecule has 14 nitrogen and oxygen atoms in total. The number of aryl methyl sites for hydroxylation is 1. The molecular formula is C23H46N7O7P3. The minimum absolute atomic E-state index is 0.0924. The van der Waals surface area contributed by atoms with Gasteiger partial charge in [-0.1, -0.05) is 18.6 Å². The van der Waals surface area contributed by atoms with Crippen molar-refractivity contribution in [3.8, 4) is 0 Å². The molecule has 1 aromatic rings. The van der Waals surface area contributed by atoms with E-state index in [2.05, 4.69) is 25.4 Å². The van der Waals surface area contributed by atoms with Gasteiger partial charge in [-0.05, 0) is 13.1 Å². The molecule has 2 heterocycles. The molecule has 1 amide bonds. The van der Waals surface area contributed by atoms with Crippen molar-refractivity contribution in [2.24, 2.45) is 0 Å². The highest BCUT2D eigenvalue weighted by atomic mass is 31.2.